The van der Waals surface area contributed by atoms with Gasteiger partial charge in [0.2, 0.25) is 11.8 Å². The van der Waals surface area contributed by atoms with Crippen LogP contribution in [0.3, 0.4) is 0 Å². The molecule has 0 aromatic heterocycles. The number of carbonyl (C=O) groups excluding carboxylic acids is 2. The molecule has 0 atom stereocenters. The highest BCUT2D eigenvalue weighted by Gasteiger charge is 2.28. The largest absolute Gasteiger partial charge is 0.350 e. The van der Waals surface area contributed by atoms with Gasteiger partial charge in [-0.3, -0.25) is 13.9 Å². The number of carbonyl (C=O) groups is 2. The predicted octanol–water partition coefficient (Wildman–Crippen LogP) is 3.94. The summed E-state index contributed by atoms with van der Waals surface area (Å²) in [4.78, 5) is 26.8. The number of hydrogen-bond acceptors (Lipinski definition) is 4. The van der Waals surface area contributed by atoms with Crippen molar-refractivity contribution < 1.29 is 18.0 Å². The summed E-state index contributed by atoms with van der Waals surface area (Å²) in [6, 6.07) is 21.3. The number of likely N-dealkylation sites (tertiary alicyclic amines) is 1. The molecule has 1 saturated heterocycles. The van der Waals surface area contributed by atoms with Crippen molar-refractivity contribution in [2.45, 2.75) is 44.7 Å². The van der Waals surface area contributed by atoms with Crippen LogP contribution in [0, 0.1) is 13.8 Å². The van der Waals surface area contributed by atoms with Gasteiger partial charge in [-0.15, -0.1) is 0 Å². The molecule has 0 radical (unpaired) electrons. The summed E-state index contributed by atoms with van der Waals surface area (Å²) >= 11 is 0. The molecule has 8 heteroatoms. The second-order valence-corrected chi connectivity index (χ2v) is 10.9. The molecule has 3 aromatic carbocycles. The van der Waals surface area contributed by atoms with E-state index in [0.717, 1.165) is 35.2 Å². The Bertz CT molecular complexity index is 1340. The average Bonchev–Trinajstić information content (AvgIpc) is 3.28. The molecule has 0 bridgehead atoms. The lowest BCUT2D eigenvalue weighted by Gasteiger charge is -2.26. The molecule has 36 heavy (non-hydrogen) atoms. The third-order valence-electron chi connectivity index (χ3n) is 6.52. The van der Waals surface area contributed by atoms with E-state index in [4.69, 9.17) is 0 Å². The molecule has 0 spiro atoms. The van der Waals surface area contributed by atoms with Crippen molar-refractivity contribution in [2.24, 2.45) is 0 Å². The van der Waals surface area contributed by atoms with Crippen molar-refractivity contribution in [3.05, 3.63) is 95.1 Å². The van der Waals surface area contributed by atoms with Crippen molar-refractivity contribution in [3.63, 3.8) is 0 Å². The van der Waals surface area contributed by atoms with E-state index in [9.17, 15) is 18.0 Å². The number of anilines is 1. The van der Waals surface area contributed by atoms with E-state index in [0.29, 0.717) is 18.7 Å². The van der Waals surface area contributed by atoms with E-state index in [1.165, 1.54) is 16.4 Å². The summed E-state index contributed by atoms with van der Waals surface area (Å²) in [5, 5.41) is 2.85. The van der Waals surface area contributed by atoms with Crippen LogP contribution < -0.4 is 9.62 Å². The number of benzene rings is 3. The van der Waals surface area contributed by atoms with E-state index in [2.05, 4.69) is 5.32 Å². The van der Waals surface area contributed by atoms with Crippen molar-refractivity contribution >= 4 is 27.5 Å². The van der Waals surface area contributed by atoms with Gasteiger partial charge in [0.25, 0.3) is 10.0 Å². The van der Waals surface area contributed by atoms with Gasteiger partial charge in [0.15, 0.2) is 0 Å². The molecule has 2 amide bonds. The van der Waals surface area contributed by atoms with Crippen LogP contribution in [0.5, 0.6) is 0 Å². The van der Waals surface area contributed by atoms with E-state index in [-0.39, 0.29) is 23.9 Å². The third kappa shape index (κ3) is 5.76. The normalized spacial score (nSPS) is 13.6. The fraction of sp³-hybridized carbons (Fsp3) is 0.286. The van der Waals surface area contributed by atoms with Crippen LogP contribution in [0.25, 0.3) is 0 Å². The number of amides is 2. The zero-order chi connectivity index (χ0) is 25.7. The maximum Gasteiger partial charge on any atom is 0.264 e. The second-order valence-electron chi connectivity index (χ2n) is 9.06. The monoisotopic (exact) mass is 505 g/mol. The van der Waals surface area contributed by atoms with Gasteiger partial charge in [0.1, 0.15) is 6.54 Å². The molecule has 188 valence electrons. The molecule has 1 aliphatic rings. The molecule has 0 aliphatic carbocycles. The SMILES string of the molecule is Cc1cccc(N(CC(=O)NCc2ccc(CN3CCCC3=O)cc2)S(=O)(=O)c2ccccc2)c1C. The van der Waals surface area contributed by atoms with Crippen LogP contribution in [0.15, 0.2) is 77.7 Å². The van der Waals surface area contributed by atoms with Crippen molar-refractivity contribution in [3.8, 4) is 0 Å². The molecule has 1 fully saturated rings. The van der Waals surface area contributed by atoms with Gasteiger partial charge in [-0.05, 0) is 60.7 Å². The lowest BCUT2D eigenvalue weighted by Crippen LogP contribution is -2.41. The average molecular weight is 506 g/mol. The number of rotatable bonds is 9. The number of sulfonamides is 1. The zero-order valence-corrected chi connectivity index (χ0v) is 21.4. The summed E-state index contributed by atoms with van der Waals surface area (Å²) in [6.45, 7) is 5.08. The predicted molar refractivity (Wildman–Crippen MR) is 140 cm³/mol. The molecular weight excluding hydrogens is 474 g/mol. The Kier molecular flexibility index (Phi) is 7.74. The Labute approximate surface area is 212 Å². The van der Waals surface area contributed by atoms with Gasteiger partial charge in [-0.2, -0.15) is 0 Å². The maximum absolute atomic E-state index is 13.5. The van der Waals surface area contributed by atoms with Crippen LogP contribution in [0.2, 0.25) is 0 Å². The molecule has 7 nitrogen and oxygen atoms in total. The highest BCUT2D eigenvalue weighted by atomic mass is 32.2. The summed E-state index contributed by atoms with van der Waals surface area (Å²) in [5.74, 6) is -0.215. The Morgan fingerprint density at radius 2 is 1.64 bits per heavy atom. The lowest BCUT2D eigenvalue weighted by atomic mass is 10.1. The molecule has 4 rings (SSSR count). The van der Waals surface area contributed by atoms with Crippen molar-refractivity contribution in [2.75, 3.05) is 17.4 Å². The topological polar surface area (TPSA) is 86.8 Å². The third-order valence-corrected chi connectivity index (χ3v) is 8.29. The van der Waals surface area contributed by atoms with Gasteiger partial charge < -0.3 is 10.2 Å². The fourth-order valence-electron chi connectivity index (χ4n) is 4.27. The lowest BCUT2D eigenvalue weighted by molar-refractivity contribution is -0.128. The Morgan fingerprint density at radius 3 is 2.31 bits per heavy atom. The molecule has 1 N–H and O–H groups in total. The maximum atomic E-state index is 13.5. The minimum absolute atomic E-state index is 0.130. The highest BCUT2D eigenvalue weighted by Crippen LogP contribution is 2.28. The first-order valence-electron chi connectivity index (χ1n) is 12.0. The summed E-state index contributed by atoms with van der Waals surface area (Å²) in [7, 11) is -3.95. The zero-order valence-electron chi connectivity index (χ0n) is 20.6. The smallest absolute Gasteiger partial charge is 0.264 e. The first-order chi connectivity index (χ1) is 17.3. The van der Waals surface area contributed by atoms with Crippen LogP contribution >= 0.6 is 0 Å². The number of hydrogen-bond donors (Lipinski definition) is 1. The fourth-order valence-corrected chi connectivity index (χ4v) is 5.77. The molecule has 0 saturated carbocycles. The van der Waals surface area contributed by atoms with E-state index < -0.39 is 15.9 Å². The van der Waals surface area contributed by atoms with Gasteiger partial charge >= 0.3 is 0 Å². The summed E-state index contributed by atoms with van der Waals surface area (Å²) in [6.07, 6.45) is 1.52. The van der Waals surface area contributed by atoms with Crippen molar-refractivity contribution in [1.29, 1.82) is 0 Å². The van der Waals surface area contributed by atoms with Gasteiger partial charge in [0.05, 0.1) is 10.6 Å². The van der Waals surface area contributed by atoms with Crippen LogP contribution in [0.1, 0.15) is 35.1 Å². The number of aryl methyl sites for hydroxylation is 1. The standard InChI is InChI=1S/C28H31N3O4S/c1-21-8-6-11-26(22(21)2)31(36(34,35)25-9-4-3-5-10-25)20-27(32)29-18-23-13-15-24(16-14-23)19-30-17-7-12-28(30)33/h3-6,8-11,13-16H,7,12,17-20H2,1-2H3,(H,29,32). The molecule has 1 aliphatic heterocycles. The molecule has 0 unspecified atom stereocenters. The number of nitrogens with zero attached hydrogens (tertiary/aromatic N) is 2. The molecule has 3 aromatic rings. The van der Waals surface area contributed by atoms with Crippen LogP contribution in [-0.2, 0) is 32.7 Å². The molecule has 1 heterocycles. The van der Waals surface area contributed by atoms with Gasteiger partial charge in [-0.1, -0.05) is 54.6 Å². The van der Waals surface area contributed by atoms with Crippen molar-refractivity contribution in [1.82, 2.24) is 10.2 Å². The van der Waals surface area contributed by atoms with Crippen LogP contribution in [-0.4, -0.2) is 38.2 Å². The minimum Gasteiger partial charge on any atom is -0.350 e. The van der Waals surface area contributed by atoms with E-state index >= 15 is 0 Å². The quantitative estimate of drug-likeness (QED) is 0.477. The first-order valence-corrected chi connectivity index (χ1v) is 13.5. The Morgan fingerprint density at radius 1 is 0.944 bits per heavy atom. The molecular formula is C28H31N3O4S. The van der Waals surface area contributed by atoms with E-state index in [1.807, 2.05) is 49.1 Å². The second kappa shape index (κ2) is 11.0. The van der Waals surface area contributed by atoms with Gasteiger partial charge in [0, 0.05) is 26.1 Å². The first kappa shape index (κ1) is 25.4. The Balaban J connectivity index is 1.46. The van der Waals surface area contributed by atoms with Crippen LogP contribution in [0.4, 0.5) is 5.69 Å². The Hall–Kier alpha value is -3.65. The van der Waals surface area contributed by atoms with Gasteiger partial charge in [-0.25, -0.2) is 8.42 Å². The highest BCUT2D eigenvalue weighted by molar-refractivity contribution is 7.92. The van der Waals surface area contributed by atoms with E-state index in [1.54, 1.807) is 30.3 Å². The summed E-state index contributed by atoms with van der Waals surface area (Å²) in [5.41, 5.74) is 4.16. The number of nitrogens with one attached hydrogen (secondary N) is 1. The summed E-state index contributed by atoms with van der Waals surface area (Å²) < 4.78 is 28.2. The minimum atomic E-state index is -3.95.